The Labute approximate surface area is 114 Å². The van der Waals surface area contributed by atoms with E-state index in [1.54, 1.807) is 12.1 Å². The van der Waals surface area contributed by atoms with E-state index in [2.05, 4.69) is 5.32 Å². The van der Waals surface area contributed by atoms with Crippen LogP contribution < -0.4 is 5.32 Å². The minimum absolute atomic E-state index is 0.0840. The predicted molar refractivity (Wildman–Crippen MR) is 70.7 cm³/mol. The van der Waals surface area contributed by atoms with Crippen molar-refractivity contribution in [1.29, 1.82) is 0 Å². The van der Waals surface area contributed by atoms with E-state index in [1.807, 2.05) is 19.1 Å². The number of nitrogens with one attached hydrogen (secondary N) is 1. The fourth-order valence-corrected chi connectivity index (χ4v) is 2.77. The van der Waals surface area contributed by atoms with Crippen molar-refractivity contribution in [2.75, 3.05) is 17.7 Å². The van der Waals surface area contributed by atoms with E-state index in [0.29, 0.717) is 11.5 Å². The Hall–Kier alpha value is -0.880. The van der Waals surface area contributed by atoms with Crippen molar-refractivity contribution in [2.45, 2.75) is 36.6 Å². The molecule has 0 aliphatic carbocycles. The molecule has 1 aliphatic heterocycles. The third-order valence-corrected chi connectivity index (χ3v) is 4.13. The summed E-state index contributed by atoms with van der Waals surface area (Å²) in [5.74, 6) is -0.873. The van der Waals surface area contributed by atoms with E-state index in [-0.39, 0.29) is 12.1 Å². The molecule has 0 bridgehead atoms. The minimum atomic E-state index is -4.15. The fraction of sp³-hybridized carbons (Fsp3) is 0.538. The summed E-state index contributed by atoms with van der Waals surface area (Å²) in [6.07, 6.45) is -3.19. The van der Waals surface area contributed by atoms with Gasteiger partial charge in [-0.15, -0.1) is 11.8 Å². The minimum Gasteiger partial charge on any atom is -0.379 e. The largest absolute Gasteiger partial charge is 0.398 e. The van der Waals surface area contributed by atoms with E-state index in [0.717, 1.165) is 23.9 Å². The number of hydrogen-bond donors (Lipinski definition) is 1. The highest BCUT2D eigenvalue weighted by atomic mass is 32.2. The van der Waals surface area contributed by atoms with Crippen LogP contribution in [0.15, 0.2) is 29.2 Å². The highest BCUT2D eigenvalue weighted by Crippen LogP contribution is 2.33. The third kappa shape index (κ3) is 4.31. The highest BCUT2D eigenvalue weighted by Gasteiger charge is 2.28. The van der Waals surface area contributed by atoms with E-state index < -0.39 is 11.9 Å². The summed E-state index contributed by atoms with van der Waals surface area (Å²) in [5, 5.41) is 3.28. The fourth-order valence-electron chi connectivity index (χ4n) is 1.99. The Kier molecular flexibility index (Phi) is 4.62. The normalized spacial score (nSPS) is 23.6. The monoisotopic (exact) mass is 291 g/mol. The van der Waals surface area contributed by atoms with Crippen molar-refractivity contribution in [1.82, 2.24) is 0 Å². The van der Waals surface area contributed by atoms with Crippen molar-refractivity contribution in [3.8, 4) is 0 Å². The maximum absolute atomic E-state index is 12.3. The van der Waals surface area contributed by atoms with Crippen LogP contribution in [0.4, 0.5) is 18.9 Å². The van der Waals surface area contributed by atoms with Gasteiger partial charge in [-0.2, -0.15) is 13.2 Å². The van der Waals surface area contributed by atoms with Crippen LogP contribution in [0, 0.1) is 0 Å². The number of thioether (sulfide) groups is 1. The van der Waals surface area contributed by atoms with E-state index >= 15 is 0 Å². The molecule has 1 aromatic rings. The van der Waals surface area contributed by atoms with Gasteiger partial charge >= 0.3 is 6.18 Å². The van der Waals surface area contributed by atoms with Gasteiger partial charge in [0, 0.05) is 17.2 Å². The van der Waals surface area contributed by atoms with Crippen LogP contribution in [-0.2, 0) is 4.74 Å². The van der Waals surface area contributed by atoms with E-state index in [1.165, 1.54) is 0 Å². The van der Waals surface area contributed by atoms with Crippen LogP contribution in [-0.4, -0.2) is 30.7 Å². The first-order valence-corrected chi connectivity index (χ1v) is 7.11. The second-order valence-corrected chi connectivity index (χ2v) is 5.53. The second-order valence-electron chi connectivity index (χ2n) is 4.52. The maximum atomic E-state index is 12.3. The lowest BCUT2D eigenvalue weighted by molar-refractivity contribution is -0.105. The second kappa shape index (κ2) is 6.05. The van der Waals surface area contributed by atoms with Crippen LogP contribution in [0.3, 0.4) is 0 Å². The number of para-hydroxylation sites is 1. The molecule has 2 unspecified atom stereocenters. The number of halogens is 3. The standard InChI is InChI=1S/C13H16F3NOS/c1-9-10(6-7-18-9)17-11-4-2-3-5-12(11)19-8-13(14,15)16/h2-5,9-10,17H,6-8H2,1H3. The zero-order valence-corrected chi connectivity index (χ0v) is 11.4. The molecule has 1 aliphatic rings. The van der Waals surface area contributed by atoms with E-state index in [9.17, 15) is 13.2 Å². The van der Waals surface area contributed by atoms with Gasteiger partial charge in [-0.3, -0.25) is 0 Å². The lowest BCUT2D eigenvalue weighted by Crippen LogP contribution is -2.26. The summed E-state index contributed by atoms with van der Waals surface area (Å²) < 4.78 is 42.3. The van der Waals surface area contributed by atoms with Gasteiger partial charge in [-0.1, -0.05) is 12.1 Å². The number of hydrogen-bond acceptors (Lipinski definition) is 3. The first-order chi connectivity index (χ1) is 8.96. The summed E-state index contributed by atoms with van der Waals surface area (Å²) in [6.45, 7) is 2.66. The Bertz CT molecular complexity index is 425. The quantitative estimate of drug-likeness (QED) is 0.849. The molecular weight excluding hydrogens is 275 g/mol. The molecule has 0 aromatic heterocycles. The zero-order valence-electron chi connectivity index (χ0n) is 10.5. The Morgan fingerprint density at radius 3 is 2.74 bits per heavy atom. The molecule has 1 heterocycles. The predicted octanol–water partition coefficient (Wildman–Crippen LogP) is 3.93. The molecule has 2 nitrogen and oxygen atoms in total. The molecule has 2 rings (SSSR count). The van der Waals surface area contributed by atoms with Crippen molar-refractivity contribution < 1.29 is 17.9 Å². The summed E-state index contributed by atoms with van der Waals surface area (Å²) in [6, 6.07) is 7.25. The third-order valence-electron chi connectivity index (χ3n) is 3.00. The Balaban J connectivity index is 2.03. The molecular formula is C13H16F3NOS. The average molecular weight is 291 g/mol. The molecule has 1 fully saturated rings. The lowest BCUT2D eigenvalue weighted by Gasteiger charge is -2.19. The molecule has 0 amide bonds. The topological polar surface area (TPSA) is 21.3 Å². The van der Waals surface area contributed by atoms with Gasteiger partial charge in [0.05, 0.1) is 17.9 Å². The van der Waals surface area contributed by atoms with Gasteiger partial charge in [0.1, 0.15) is 0 Å². The molecule has 1 aromatic carbocycles. The first-order valence-electron chi connectivity index (χ1n) is 6.12. The molecule has 0 spiro atoms. The van der Waals surface area contributed by atoms with Crippen LogP contribution >= 0.6 is 11.8 Å². The molecule has 2 atom stereocenters. The Morgan fingerprint density at radius 2 is 2.11 bits per heavy atom. The molecule has 0 saturated carbocycles. The van der Waals surface area contributed by atoms with Gasteiger partial charge in [-0.05, 0) is 25.5 Å². The number of alkyl halides is 3. The van der Waals surface area contributed by atoms with Crippen molar-refractivity contribution in [3.05, 3.63) is 24.3 Å². The van der Waals surface area contributed by atoms with Crippen LogP contribution in [0.2, 0.25) is 0 Å². The van der Waals surface area contributed by atoms with Crippen molar-refractivity contribution in [2.24, 2.45) is 0 Å². The summed E-state index contributed by atoms with van der Waals surface area (Å²) in [7, 11) is 0. The van der Waals surface area contributed by atoms with Gasteiger partial charge in [0.2, 0.25) is 0 Å². The Morgan fingerprint density at radius 1 is 1.37 bits per heavy atom. The highest BCUT2D eigenvalue weighted by molar-refractivity contribution is 7.99. The number of anilines is 1. The number of benzene rings is 1. The first kappa shape index (κ1) is 14.5. The summed E-state index contributed by atoms with van der Waals surface area (Å²) in [4.78, 5) is 0.624. The zero-order chi connectivity index (χ0) is 13.9. The summed E-state index contributed by atoms with van der Waals surface area (Å²) in [5.41, 5.74) is 0.749. The maximum Gasteiger partial charge on any atom is 0.398 e. The van der Waals surface area contributed by atoms with Crippen LogP contribution in [0.5, 0.6) is 0 Å². The summed E-state index contributed by atoms with van der Waals surface area (Å²) >= 11 is 0.810. The molecule has 1 N–H and O–H groups in total. The lowest BCUT2D eigenvalue weighted by atomic mass is 10.1. The van der Waals surface area contributed by atoms with Gasteiger partial charge in [-0.25, -0.2) is 0 Å². The van der Waals surface area contributed by atoms with Gasteiger partial charge < -0.3 is 10.1 Å². The molecule has 1 saturated heterocycles. The van der Waals surface area contributed by atoms with Crippen LogP contribution in [0.1, 0.15) is 13.3 Å². The SMILES string of the molecule is CC1OCCC1Nc1ccccc1SCC(F)(F)F. The van der Waals surface area contributed by atoms with Gasteiger partial charge in [0.25, 0.3) is 0 Å². The molecule has 19 heavy (non-hydrogen) atoms. The number of ether oxygens (including phenoxy) is 1. The number of rotatable bonds is 4. The molecule has 0 radical (unpaired) electrons. The van der Waals surface area contributed by atoms with E-state index in [4.69, 9.17) is 4.74 Å². The molecule has 106 valence electrons. The average Bonchev–Trinajstić information content (AvgIpc) is 2.73. The van der Waals surface area contributed by atoms with Crippen molar-refractivity contribution >= 4 is 17.4 Å². The van der Waals surface area contributed by atoms with Gasteiger partial charge in [0.15, 0.2) is 0 Å². The van der Waals surface area contributed by atoms with Crippen molar-refractivity contribution in [3.63, 3.8) is 0 Å². The smallest absolute Gasteiger partial charge is 0.379 e. The van der Waals surface area contributed by atoms with Crippen LogP contribution in [0.25, 0.3) is 0 Å². The molecule has 6 heteroatoms.